The number of piperidine rings is 1. The average Bonchev–Trinajstić information content (AvgIpc) is 3.49. The second-order valence-electron chi connectivity index (χ2n) is 8.28. The maximum Gasteiger partial charge on any atom is 0.257 e. The Morgan fingerprint density at radius 3 is 2.30 bits per heavy atom. The van der Waals surface area contributed by atoms with Crippen molar-refractivity contribution < 1.29 is 9.59 Å². The molecule has 0 bridgehead atoms. The van der Waals surface area contributed by atoms with Crippen molar-refractivity contribution in [2.45, 2.75) is 31.6 Å². The van der Waals surface area contributed by atoms with E-state index in [2.05, 4.69) is 17.2 Å². The quantitative estimate of drug-likeness (QED) is 0.673. The van der Waals surface area contributed by atoms with E-state index in [1.807, 2.05) is 46.3 Å². The number of likely N-dealkylation sites (tertiary alicyclic amines) is 2. The van der Waals surface area contributed by atoms with Gasteiger partial charge in [0.2, 0.25) is 0 Å². The Hall–Kier alpha value is -3.15. The molecule has 1 aromatic carbocycles. The molecule has 0 atom stereocenters. The number of nitrogens with zero attached hydrogens (tertiary/aromatic N) is 4. The summed E-state index contributed by atoms with van der Waals surface area (Å²) >= 11 is 0. The predicted octanol–water partition coefficient (Wildman–Crippen LogP) is 3.59. The molecule has 2 aliphatic rings. The smallest absolute Gasteiger partial charge is 0.257 e. The van der Waals surface area contributed by atoms with E-state index in [1.165, 1.54) is 5.56 Å². The van der Waals surface area contributed by atoms with Crippen LogP contribution in [-0.2, 0) is 0 Å². The van der Waals surface area contributed by atoms with Gasteiger partial charge in [-0.25, -0.2) is 4.52 Å². The van der Waals surface area contributed by atoms with E-state index < -0.39 is 0 Å². The molecule has 5 rings (SSSR count). The zero-order chi connectivity index (χ0) is 20.5. The van der Waals surface area contributed by atoms with Crippen LogP contribution in [0.2, 0.25) is 0 Å². The van der Waals surface area contributed by atoms with Gasteiger partial charge >= 0.3 is 0 Å². The molecule has 2 saturated heterocycles. The SMILES string of the molecule is O=C(c1ccccc1)N1CCC(c2ccn3ncc(C(=O)N4CCCC4)c3c2)CC1. The average molecular weight is 402 g/mol. The van der Waals surface area contributed by atoms with Crippen LogP contribution < -0.4 is 0 Å². The van der Waals surface area contributed by atoms with Gasteiger partial charge in [0.15, 0.2) is 0 Å². The summed E-state index contributed by atoms with van der Waals surface area (Å²) < 4.78 is 1.79. The third-order valence-electron chi connectivity index (χ3n) is 6.44. The van der Waals surface area contributed by atoms with Gasteiger partial charge in [-0.2, -0.15) is 5.10 Å². The fraction of sp³-hybridized carbons (Fsp3) is 0.375. The molecular weight excluding hydrogens is 376 g/mol. The van der Waals surface area contributed by atoms with E-state index in [4.69, 9.17) is 0 Å². The summed E-state index contributed by atoms with van der Waals surface area (Å²) in [6, 6.07) is 13.7. The van der Waals surface area contributed by atoms with E-state index >= 15 is 0 Å². The van der Waals surface area contributed by atoms with Crippen LogP contribution in [0.3, 0.4) is 0 Å². The third kappa shape index (κ3) is 3.47. The van der Waals surface area contributed by atoms with E-state index in [1.54, 1.807) is 10.7 Å². The van der Waals surface area contributed by atoms with Crippen LogP contribution in [0.15, 0.2) is 54.9 Å². The van der Waals surface area contributed by atoms with E-state index in [-0.39, 0.29) is 11.8 Å². The maximum absolute atomic E-state index is 12.9. The lowest BCUT2D eigenvalue weighted by Crippen LogP contribution is -2.37. The summed E-state index contributed by atoms with van der Waals surface area (Å²) in [6.07, 6.45) is 7.66. The highest BCUT2D eigenvalue weighted by atomic mass is 16.2. The number of fused-ring (bicyclic) bond motifs is 1. The van der Waals surface area contributed by atoms with Gasteiger partial charge in [0.1, 0.15) is 0 Å². The van der Waals surface area contributed by atoms with Gasteiger partial charge in [-0.15, -0.1) is 0 Å². The standard InChI is InChI=1S/C24H26N4O2/c29-23(19-6-2-1-3-7-19)27-13-8-18(9-14-27)20-10-15-28-22(16-20)21(17-25-28)24(30)26-11-4-5-12-26/h1-3,6-7,10,15-18H,4-5,8-9,11-14H2. The van der Waals surface area contributed by atoms with Crippen molar-refractivity contribution in [3.05, 3.63) is 71.5 Å². The van der Waals surface area contributed by atoms with E-state index in [9.17, 15) is 9.59 Å². The van der Waals surface area contributed by atoms with Crippen molar-refractivity contribution in [1.82, 2.24) is 19.4 Å². The van der Waals surface area contributed by atoms with Gasteiger partial charge in [0, 0.05) is 37.9 Å². The molecule has 30 heavy (non-hydrogen) atoms. The number of hydrogen-bond donors (Lipinski definition) is 0. The first kappa shape index (κ1) is 18.9. The molecule has 2 aliphatic heterocycles. The van der Waals surface area contributed by atoms with Gasteiger partial charge in [-0.1, -0.05) is 18.2 Å². The summed E-state index contributed by atoms with van der Waals surface area (Å²) in [5.41, 5.74) is 3.55. The summed E-state index contributed by atoms with van der Waals surface area (Å²) in [5, 5.41) is 4.38. The molecule has 2 aromatic heterocycles. The van der Waals surface area contributed by atoms with Crippen LogP contribution in [0.4, 0.5) is 0 Å². The second-order valence-corrected chi connectivity index (χ2v) is 8.28. The molecule has 0 saturated carbocycles. The number of aromatic nitrogens is 2. The number of carbonyl (C=O) groups is 2. The highest BCUT2D eigenvalue weighted by Gasteiger charge is 2.26. The minimum Gasteiger partial charge on any atom is -0.339 e. The van der Waals surface area contributed by atoms with Crippen LogP contribution in [0.5, 0.6) is 0 Å². The molecule has 0 aliphatic carbocycles. The van der Waals surface area contributed by atoms with Crippen molar-refractivity contribution >= 4 is 17.3 Å². The van der Waals surface area contributed by atoms with E-state index in [0.29, 0.717) is 11.5 Å². The fourth-order valence-corrected chi connectivity index (χ4v) is 4.69. The Bertz CT molecular complexity index is 1060. The molecule has 2 fully saturated rings. The predicted molar refractivity (Wildman–Crippen MR) is 115 cm³/mol. The summed E-state index contributed by atoms with van der Waals surface area (Å²) in [5.74, 6) is 0.584. The minimum atomic E-state index is 0.0860. The van der Waals surface area contributed by atoms with Crippen LogP contribution in [0.25, 0.3) is 5.52 Å². The van der Waals surface area contributed by atoms with Gasteiger partial charge in [0.25, 0.3) is 11.8 Å². The number of benzene rings is 1. The number of pyridine rings is 1. The molecule has 0 unspecified atom stereocenters. The molecule has 0 spiro atoms. The summed E-state index contributed by atoms with van der Waals surface area (Å²) in [6.45, 7) is 3.18. The van der Waals surface area contributed by atoms with Crippen molar-refractivity contribution in [3.8, 4) is 0 Å². The van der Waals surface area contributed by atoms with Crippen LogP contribution in [0, 0.1) is 0 Å². The van der Waals surface area contributed by atoms with Crippen molar-refractivity contribution in [2.75, 3.05) is 26.2 Å². The molecule has 154 valence electrons. The number of carbonyl (C=O) groups excluding carboxylic acids is 2. The first-order valence-electron chi connectivity index (χ1n) is 10.8. The Morgan fingerprint density at radius 1 is 0.867 bits per heavy atom. The van der Waals surface area contributed by atoms with Crippen LogP contribution in [-0.4, -0.2) is 57.4 Å². The molecule has 4 heterocycles. The highest BCUT2D eigenvalue weighted by molar-refractivity contribution is 6.00. The third-order valence-corrected chi connectivity index (χ3v) is 6.44. The lowest BCUT2D eigenvalue weighted by atomic mass is 9.89. The molecule has 2 amide bonds. The first-order valence-corrected chi connectivity index (χ1v) is 10.8. The Labute approximate surface area is 176 Å². The topological polar surface area (TPSA) is 57.9 Å². The Morgan fingerprint density at radius 2 is 1.57 bits per heavy atom. The lowest BCUT2D eigenvalue weighted by molar-refractivity contribution is 0.0712. The zero-order valence-corrected chi connectivity index (χ0v) is 17.0. The largest absolute Gasteiger partial charge is 0.339 e. The molecule has 6 heteroatoms. The Balaban J connectivity index is 1.31. The summed E-state index contributed by atoms with van der Waals surface area (Å²) in [4.78, 5) is 29.5. The minimum absolute atomic E-state index is 0.0860. The van der Waals surface area contributed by atoms with Crippen molar-refractivity contribution in [3.63, 3.8) is 0 Å². The van der Waals surface area contributed by atoms with Crippen molar-refractivity contribution in [2.24, 2.45) is 0 Å². The molecule has 0 radical (unpaired) electrons. The number of rotatable bonds is 3. The van der Waals surface area contributed by atoms with Crippen molar-refractivity contribution in [1.29, 1.82) is 0 Å². The highest BCUT2D eigenvalue weighted by Crippen LogP contribution is 2.30. The zero-order valence-electron chi connectivity index (χ0n) is 17.0. The fourth-order valence-electron chi connectivity index (χ4n) is 4.69. The van der Waals surface area contributed by atoms with Crippen LogP contribution >= 0.6 is 0 Å². The normalized spacial score (nSPS) is 17.6. The van der Waals surface area contributed by atoms with Gasteiger partial charge < -0.3 is 9.80 Å². The number of hydrogen-bond acceptors (Lipinski definition) is 3. The molecule has 6 nitrogen and oxygen atoms in total. The molecular formula is C24H26N4O2. The van der Waals surface area contributed by atoms with E-state index in [0.717, 1.165) is 62.9 Å². The second kappa shape index (κ2) is 7.94. The van der Waals surface area contributed by atoms with Crippen LogP contribution in [0.1, 0.15) is 57.9 Å². The summed E-state index contributed by atoms with van der Waals surface area (Å²) in [7, 11) is 0. The van der Waals surface area contributed by atoms with Gasteiger partial charge in [-0.3, -0.25) is 9.59 Å². The lowest BCUT2D eigenvalue weighted by Gasteiger charge is -2.32. The molecule has 0 N–H and O–H groups in total. The first-order chi connectivity index (χ1) is 14.7. The molecule has 3 aromatic rings. The monoisotopic (exact) mass is 402 g/mol. The Kier molecular flexibility index (Phi) is 4.99. The van der Waals surface area contributed by atoms with Gasteiger partial charge in [-0.05, 0) is 61.4 Å². The van der Waals surface area contributed by atoms with Gasteiger partial charge in [0.05, 0.1) is 17.3 Å². The maximum atomic E-state index is 12.9. The number of amides is 2.